The minimum Gasteiger partial charge on any atom is -0.0777 e. The van der Waals surface area contributed by atoms with Crippen LogP contribution in [0.4, 0.5) is 0 Å². The van der Waals surface area contributed by atoms with Crippen LogP contribution in [0.5, 0.6) is 0 Å². The zero-order valence-corrected chi connectivity index (χ0v) is 10.8. The smallest absolute Gasteiger partial charge is 0.0331 e. The maximum Gasteiger partial charge on any atom is 0.0331 e. The van der Waals surface area contributed by atoms with Gasteiger partial charge in [0.15, 0.2) is 0 Å². The second-order valence-electron chi connectivity index (χ2n) is 3.60. The van der Waals surface area contributed by atoms with Crippen LogP contribution in [0.25, 0.3) is 11.1 Å². The first kappa shape index (κ1) is 10.7. The van der Waals surface area contributed by atoms with Gasteiger partial charge in [0.2, 0.25) is 0 Å². The highest BCUT2D eigenvalue weighted by atomic mass is 127. The van der Waals surface area contributed by atoms with Gasteiger partial charge in [0.05, 0.1) is 0 Å². The van der Waals surface area contributed by atoms with Crippen molar-refractivity contribution in [2.45, 2.75) is 10.8 Å². The van der Waals surface area contributed by atoms with E-state index in [-0.39, 0.29) is 0 Å². The van der Waals surface area contributed by atoms with E-state index in [1.807, 2.05) is 6.07 Å². The minimum atomic E-state index is 0.576. The summed E-state index contributed by atoms with van der Waals surface area (Å²) in [4.78, 5) is 0. The molecule has 0 aliphatic heterocycles. The Morgan fingerprint density at radius 3 is 1.87 bits per heavy atom. The summed E-state index contributed by atoms with van der Waals surface area (Å²) < 4.78 is 0.576. The van der Waals surface area contributed by atoms with E-state index in [1.165, 1.54) is 16.7 Å². The lowest BCUT2D eigenvalue weighted by atomic mass is 10.0. The molecule has 1 heteroatoms. The van der Waals surface area contributed by atoms with Crippen LogP contribution >= 0.6 is 22.6 Å². The normalized spacial score (nSPS) is 12.4. The Morgan fingerprint density at radius 1 is 0.800 bits per heavy atom. The fraction of sp³-hybridized carbons (Fsp3) is 0.143. The van der Waals surface area contributed by atoms with Crippen LogP contribution < -0.4 is 0 Å². The molecule has 2 aromatic carbocycles. The molecule has 0 spiro atoms. The number of hydrogen-bond donors (Lipinski definition) is 0. The maximum absolute atomic E-state index is 2.43. The third-order valence-corrected chi connectivity index (χ3v) is 3.20. The van der Waals surface area contributed by atoms with Gasteiger partial charge in [-0.25, -0.2) is 0 Å². The molecule has 2 aromatic rings. The maximum atomic E-state index is 2.43. The van der Waals surface area contributed by atoms with E-state index in [4.69, 9.17) is 0 Å². The highest BCUT2D eigenvalue weighted by Crippen LogP contribution is 2.25. The molecule has 0 nitrogen and oxygen atoms in total. The predicted molar refractivity (Wildman–Crippen MR) is 74.3 cm³/mol. The van der Waals surface area contributed by atoms with Crippen molar-refractivity contribution in [2.75, 3.05) is 0 Å². The Balaban J connectivity index is 2.32. The monoisotopic (exact) mass is 308 g/mol. The number of hydrogen-bond acceptors (Lipinski definition) is 0. The first-order valence-electron chi connectivity index (χ1n) is 5.07. The van der Waals surface area contributed by atoms with Crippen LogP contribution in [0.1, 0.15) is 16.4 Å². The van der Waals surface area contributed by atoms with Crippen molar-refractivity contribution in [1.29, 1.82) is 0 Å². The van der Waals surface area contributed by atoms with E-state index in [2.05, 4.69) is 78.0 Å². The summed E-state index contributed by atoms with van der Waals surface area (Å²) >= 11 is 2.43. The number of rotatable bonds is 2. The molecule has 76 valence electrons. The number of benzene rings is 2. The fourth-order valence-corrected chi connectivity index (χ4v) is 1.99. The SMILES string of the molecule is CC(I)c1ccc(-c2ccccc2)cc1. The summed E-state index contributed by atoms with van der Waals surface area (Å²) in [5.74, 6) is 0. The third kappa shape index (κ3) is 2.59. The molecule has 0 saturated heterocycles. The van der Waals surface area contributed by atoms with Gasteiger partial charge < -0.3 is 0 Å². The second kappa shape index (κ2) is 4.79. The molecule has 0 fully saturated rings. The molecule has 0 amide bonds. The average molecular weight is 308 g/mol. The van der Waals surface area contributed by atoms with E-state index in [0.717, 1.165) is 0 Å². The molecule has 0 N–H and O–H groups in total. The molecule has 15 heavy (non-hydrogen) atoms. The summed E-state index contributed by atoms with van der Waals surface area (Å²) in [6.45, 7) is 2.21. The van der Waals surface area contributed by atoms with Crippen LogP contribution in [0.15, 0.2) is 54.6 Å². The van der Waals surface area contributed by atoms with Gasteiger partial charge in [-0.15, -0.1) is 0 Å². The van der Waals surface area contributed by atoms with Gasteiger partial charge in [-0.3, -0.25) is 0 Å². The largest absolute Gasteiger partial charge is 0.0777 e. The van der Waals surface area contributed by atoms with Gasteiger partial charge >= 0.3 is 0 Å². The van der Waals surface area contributed by atoms with Crippen molar-refractivity contribution in [3.05, 3.63) is 60.2 Å². The van der Waals surface area contributed by atoms with Gasteiger partial charge in [-0.1, -0.05) is 77.2 Å². The Hall–Kier alpha value is -0.830. The molecule has 2 rings (SSSR count). The molecule has 0 bridgehead atoms. The van der Waals surface area contributed by atoms with E-state index in [9.17, 15) is 0 Å². The number of alkyl halides is 1. The van der Waals surface area contributed by atoms with Gasteiger partial charge in [0.1, 0.15) is 0 Å². The zero-order chi connectivity index (χ0) is 10.7. The molecule has 0 radical (unpaired) electrons. The van der Waals surface area contributed by atoms with Crippen molar-refractivity contribution < 1.29 is 0 Å². The summed E-state index contributed by atoms with van der Waals surface area (Å²) in [6.07, 6.45) is 0. The van der Waals surface area contributed by atoms with Crippen molar-refractivity contribution in [1.82, 2.24) is 0 Å². The molecule has 0 aliphatic carbocycles. The van der Waals surface area contributed by atoms with Crippen LogP contribution in [0.3, 0.4) is 0 Å². The standard InChI is InChI=1S/C14H13I/c1-11(15)12-7-9-14(10-8-12)13-5-3-2-4-6-13/h2-11H,1H3. The summed E-state index contributed by atoms with van der Waals surface area (Å²) in [6, 6.07) is 19.3. The van der Waals surface area contributed by atoms with Gasteiger partial charge in [-0.2, -0.15) is 0 Å². The first-order chi connectivity index (χ1) is 7.27. The van der Waals surface area contributed by atoms with Crippen LogP contribution in [0, 0.1) is 0 Å². The summed E-state index contributed by atoms with van der Waals surface area (Å²) in [5, 5.41) is 0. The number of halogens is 1. The molecule has 1 atom stereocenters. The Bertz CT molecular complexity index is 415. The molecular formula is C14H13I. The van der Waals surface area contributed by atoms with Crippen molar-refractivity contribution >= 4 is 22.6 Å². The highest BCUT2D eigenvalue weighted by Gasteiger charge is 2.00. The lowest BCUT2D eigenvalue weighted by molar-refractivity contribution is 1.15. The highest BCUT2D eigenvalue weighted by molar-refractivity contribution is 14.1. The van der Waals surface area contributed by atoms with E-state index >= 15 is 0 Å². The Kier molecular flexibility index (Phi) is 3.41. The Morgan fingerprint density at radius 2 is 1.33 bits per heavy atom. The van der Waals surface area contributed by atoms with Gasteiger partial charge in [-0.05, 0) is 23.6 Å². The zero-order valence-electron chi connectivity index (χ0n) is 8.65. The second-order valence-corrected chi connectivity index (χ2v) is 5.47. The van der Waals surface area contributed by atoms with Gasteiger partial charge in [0.25, 0.3) is 0 Å². The van der Waals surface area contributed by atoms with Crippen LogP contribution in [-0.4, -0.2) is 0 Å². The molecule has 0 saturated carbocycles. The third-order valence-electron chi connectivity index (χ3n) is 2.48. The topological polar surface area (TPSA) is 0 Å². The van der Waals surface area contributed by atoms with Crippen molar-refractivity contribution in [3.63, 3.8) is 0 Å². The van der Waals surface area contributed by atoms with Crippen molar-refractivity contribution in [2.24, 2.45) is 0 Å². The predicted octanol–water partition coefficient (Wildman–Crippen LogP) is 4.85. The summed E-state index contributed by atoms with van der Waals surface area (Å²) in [5.41, 5.74) is 3.96. The first-order valence-corrected chi connectivity index (χ1v) is 6.31. The molecule has 0 aliphatic rings. The quantitative estimate of drug-likeness (QED) is 0.549. The molecule has 0 aromatic heterocycles. The molecule has 0 heterocycles. The fourth-order valence-electron chi connectivity index (χ4n) is 1.57. The van der Waals surface area contributed by atoms with E-state index < -0.39 is 0 Å². The van der Waals surface area contributed by atoms with E-state index in [0.29, 0.717) is 3.92 Å². The Labute approximate surface area is 104 Å². The van der Waals surface area contributed by atoms with Crippen molar-refractivity contribution in [3.8, 4) is 11.1 Å². The summed E-state index contributed by atoms with van der Waals surface area (Å²) in [7, 11) is 0. The minimum absolute atomic E-state index is 0.576. The van der Waals surface area contributed by atoms with Crippen LogP contribution in [-0.2, 0) is 0 Å². The van der Waals surface area contributed by atoms with Gasteiger partial charge in [0, 0.05) is 3.92 Å². The average Bonchev–Trinajstić information content (AvgIpc) is 2.30. The van der Waals surface area contributed by atoms with E-state index in [1.54, 1.807) is 0 Å². The van der Waals surface area contributed by atoms with Crippen LogP contribution in [0.2, 0.25) is 0 Å². The lowest BCUT2D eigenvalue weighted by Crippen LogP contribution is -1.83. The lowest BCUT2D eigenvalue weighted by Gasteiger charge is -2.05. The molecule has 1 unspecified atom stereocenters. The molecular weight excluding hydrogens is 295 g/mol.